The first-order valence-corrected chi connectivity index (χ1v) is 7.51. The summed E-state index contributed by atoms with van der Waals surface area (Å²) < 4.78 is 19.6. The normalized spacial score (nSPS) is 23.6. The molecule has 1 heterocycles. The Balaban J connectivity index is 2.24. The fraction of sp³-hybridized carbons (Fsp3) is 0.562. The van der Waals surface area contributed by atoms with Gasteiger partial charge < -0.3 is 9.64 Å². The Hall–Kier alpha value is -1.46. The Morgan fingerprint density at radius 3 is 2.71 bits per heavy atom. The summed E-state index contributed by atoms with van der Waals surface area (Å²) >= 11 is 0. The van der Waals surface area contributed by atoms with Gasteiger partial charge in [-0.05, 0) is 26.3 Å². The highest BCUT2D eigenvalue weighted by atomic mass is 19.1. The van der Waals surface area contributed by atoms with E-state index in [1.165, 1.54) is 6.07 Å². The zero-order valence-electron chi connectivity index (χ0n) is 12.8. The van der Waals surface area contributed by atoms with Crippen molar-refractivity contribution < 1.29 is 13.9 Å². The van der Waals surface area contributed by atoms with Crippen LogP contribution in [0.25, 0.3) is 0 Å². The molecule has 116 valence electrons. The van der Waals surface area contributed by atoms with Crippen molar-refractivity contribution in [3.05, 3.63) is 35.6 Å². The van der Waals surface area contributed by atoms with Gasteiger partial charge in [-0.3, -0.25) is 10.1 Å². The third-order valence-corrected chi connectivity index (χ3v) is 3.76. The maximum absolute atomic E-state index is 14.0. The van der Waals surface area contributed by atoms with Crippen LogP contribution in [-0.2, 0) is 9.53 Å². The van der Waals surface area contributed by atoms with E-state index >= 15 is 0 Å². The second-order valence-corrected chi connectivity index (χ2v) is 5.31. The summed E-state index contributed by atoms with van der Waals surface area (Å²) in [5.74, 6) is -0.286. The van der Waals surface area contributed by atoms with Crippen LogP contribution in [-0.4, -0.2) is 36.1 Å². The first-order chi connectivity index (χ1) is 10.1. The third kappa shape index (κ3) is 3.41. The van der Waals surface area contributed by atoms with Crippen LogP contribution in [0.1, 0.15) is 38.9 Å². The maximum Gasteiger partial charge on any atom is 0.241 e. The zero-order valence-corrected chi connectivity index (χ0v) is 12.8. The smallest absolute Gasteiger partial charge is 0.241 e. The van der Waals surface area contributed by atoms with Crippen molar-refractivity contribution in [1.82, 2.24) is 10.2 Å². The predicted octanol–water partition coefficient (Wildman–Crippen LogP) is 2.46. The number of rotatable bonds is 6. The van der Waals surface area contributed by atoms with Gasteiger partial charge in [-0.25, -0.2) is 4.39 Å². The molecule has 4 nitrogen and oxygen atoms in total. The number of carbonyl (C=O) groups excluding carboxylic acids is 1. The van der Waals surface area contributed by atoms with Crippen molar-refractivity contribution in [2.45, 2.75) is 45.5 Å². The molecule has 1 N–H and O–H groups in total. The van der Waals surface area contributed by atoms with Gasteiger partial charge in [0.25, 0.3) is 0 Å². The standard InChI is InChI=1S/C16H23FN2O2/c1-4-14-16(20)19(10-11(3)21-5-2)15(18-14)12-8-6-7-9-13(12)17/h6-9,11,14-15,18H,4-5,10H2,1-3H3. The highest BCUT2D eigenvalue weighted by Gasteiger charge is 2.40. The highest BCUT2D eigenvalue weighted by Crippen LogP contribution is 2.28. The number of amides is 1. The summed E-state index contributed by atoms with van der Waals surface area (Å²) in [6, 6.07) is 6.32. The monoisotopic (exact) mass is 294 g/mol. The van der Waals surface area contributed by atoms with Crippen molar-refractivity contribution in [2.75, 3.05) is 13.2 Å². The summed E-state index contributed by atoms with van der Waals surface area (Å²) in [7, 11) is 0. The van der Waals surface area contributed by atoms with Crippen LogP contribution in [0.3, 0.4) is 0 Å². The van der Waals surface area contributed by atoms with E-state index in [-0.39, 0.29) is 23.9 Å². The van der Waals surface area contributed by atoms with E-state index in [4.69, 9.17) is 4.74 Å². The number of halogens is 1. The molecule has 1 fully saturated rings. The van der Waals surface area contributed by atoms with Crippen LogP contribution in [0, 0.1) is 5.82 Å². The largest absolute Gasteiger partial charge is 0.377 e. The van der Waals surface area contributed by atoms with Crippen molar-refractivity contribution in [2.24, 2.45) is 0 Å². The fourth-order valence-corrected chi connectivity index (χ4v) is 2.74. The summed E-state index contributed by atoms with van der Waals surface area (Å²) in [6.45, 7) is 6.84. The lowest BCUT2D eigenvalue weighted by molar-refractivity contribution is -0.132. The van der Waals surface area contributed by atoms with E-state index in [9.17, 15) is 9.18 Å². The summed E-state index contributed by atoms with van der Waals surface area (Å²) in [5, 5.41) is 3.23. The van der Waals surface area contributed by atoms with E-state index in [1.54, 1.807) is 23.1 Å². The molecule has 0 bridgehead atoms. The SMILES string of the molecule is CCOC(C)CN1C(=O)C(CC)NC1c1ccccc1F. The summed E-state index contributed by atoms with van der Waals surface area (Å²) in [6.07, 6.45) is 0.181. The van der Waals surface area contributed by atoms with Gasteiger partial charge in [0, 0.05) is 18.7 Å². The van der Waals surface area contributed by atoms with Crippen molar-refractivity contribution in [1.29, 1.82) is 0 Å². The van der Waals surface area contributed by atoms with E-state index in [1.807, 2.05) is 20.8 Å². The lowest BCUT2D eigenvalue weighted by atomic mass is 10.1. The number of nitrogens with one attached hydrogen (secondary N) is 1. The van der Waals surface area contributed by atoms with Gasteiger partial charge in [0.1, 0.15) is 12.0 Å². The molecule has 0 spiro atoms. The molecule has 3 atom stereocenters. The Morgan fingerprint density at radius 2 is 2.10 bits per heavy atom. The Labute approximate surface area is 125 Å². The molecule has 5 heteroatoms. The third-order valence-electron chi connectivity index (χ3n) is 3.76. The first-order valence-electron chi connectivity index (χ1n) is 7.51. The fourth-order valence-electron chi connectivity index (χ4n) is 2.74. The summed E-state index contributed by atoms with van der Waals surface area (Å²) in [4.78, 5) is 14.1. The highest BCUT2D eigenvalue weighted by molar-refractivity contribution is 5.84. The molecule has 1 amide bonds. The molecule has 1 saturated heterocycles. The Bertz CT molecular complexity index is 495. The van der Waals surface area contributed by atoms with Gasteiger partial charge in [-0.2, -0.15) is 0 Å². The molecule has 2 rings (SSSR count). The van der Waals surface area contributed by atoms with Crippen LogP contribution >= 0.6 is 0 Å². The molecule has 3 unspecified atom stereocenters. The van der Waals surface area contributed by atoms with E-state index in [2.05, 4.69) is 5.32 Å². The molecule has 21 heavy (non-hydrogen) atoms. The van der Waals surface area contributed by atoms with Gasteiger partial charge in [-0.1, -0.05) is 25.1 Å². The molecule has 1 aliphatic rings. The second kappa shape index (κ2) is 7.00. The number of ether oxygens (including phenoxy) is 1. The summed E-state index contributed by atoms with van der Waals surface area (Å²) in [5.41, 5.74) is 0.505. The van der Waals surface area contributed by atoms with Gasteiger partial charge in [-0.15, -0.1) is 0 Å². The van der Waals surface area contributed by atoms with Gasteiger partial charge >= 0.3 is 0 Å². The molecular weight excluding hydrogens is 271 g/mol. The molecule has 1 aliphatic heterocycles. The average Bonchev–Trinajstić information content (AvgIpc) is 2.77. The molecule has 1 aromatic rings. The van der Waals surface area contributed by atoms with E-state index in [0.717, 1.165) is 0 Å². The number of benzene rings is 1. The lowest BCUT2D eigenvalue weighted by Crippen LogP contribution is -2.37. The maximum atomic E-state index is 14.0. The van der Waals surface area contributed by atoms with Crippen LogP contribution < -0.4 is 5.32 Å². The van der Waals surface area contributed by atoms with Crippen molar-refractivity contribution in [3.63, 3.8) is 0 Å². The number of hydrogen-bond donors (Lipinski definition) is 1. The van der Waals surface area contributed by atoms with Gasteiger partial charge in [0.15, 0.2) is 0 Å². The molecule has 1 aromatic carbocycles. The molecule has 0 radical (unpaired) electrons. The second-order valence-electron chi connectivity index (χ2n) is 5.31. The molecule has 0 saturated carbocycles. The van der Waals surface area contributed by atoms with E-state index < -0.39 is 6.17 Å². The number of nitrogens with zero attached hydrogens (tertiary/aromatic N) is 1. The topological polar surface area (TPSA) is 41.6 Å². The predicted molar refractivity (Wildman–Crippen MR) is 79.2 cm³/mol. The van der Waals surface area contributed by atoms with Gasteiger partial charge in [0.05, 0.1) is 12.1 Å². The molecule has 0 aromatic heterocycles. The minimum absolute atomic E-state index is 0.0114. The Kier molecular flexibility index (Phi) is 5.31. The number of hydrogen-bond acceptors (Lipinski definition) is 3. The van der Waals surface area contributed by atoms with Crippen LogP contribution in [0.4, 0.5) is 4.39 Å². The zero-order chi connectivity index (χ0) is 15.4. The molecular formula is C16H23FN2O2. The van der Waals surface area contributed by atoms with Crippen molar-refractivity contribution in [3.8, 4) is 0 Å². The lowest BCUT2D eigenvalue weighted by Gasteiger charge is -2.27. The van der Waals surface area contributed by atoms with Gasteiger partial charge in [0.2, 0.25) is 5.91 Å². The molecule has 0 aliphatic carbocycles. The van der Waals surface area contributed by atoms with Crippen molar-refractivity contribution >= 4 is 5.91 Å². The quantitative estimate of drug-likeness (QED) is 0.876. The minimum atomic E-state index is -0.424. The van der Waals surface area contributed by atoms with Crippen LogP contribution in [0.15, 0.2) is 24.3 Å². The van der Waals surface area contributed by atoms with E-state index in [0.29, 0.717) is 25.1 Å². The Morgan fingerprint density at radius 1 is 1.38 bits per heavy atom. The first kappa shape index (κ1) is 15.9. The van der Waals surface area contributed by atoms with Crippen LogP contribution in [0.2, 0.25) is 0 Å². The average molecular weight is 294 g/mol. The number of carbonyl (C=O) groups is 1. The van der Waals surface area contributed by atoms with Crippen LogP contribution in [0.5, 0.6) is 0 Å². The minimum Gasteiger partial charge on any atom is -0.377 e.